The molecule has 16 heavy (non-hydrogen) atoms. The molecule has 1 fully saturated rings. The number of hydrogen-bond donors (Lipinski definition) is 2. The highest BCUT2D eigenvalue weighted by atomic mass is 19.1. The van der Waals surface area contributed by atoms with E-state index in [1.165, 1.54) is 12.1 Å². The van der Waals surface area contributed by atoms with Crippen molar-refractivity contribution in [3.63, 3.8) is 0 Å². The summed E-state index contributed by atoms with van der Waals surface area (Å²) >= 11 is 0. The average Bonchev–Trinajstić information content (AvgIpc) is 3.03. The van der Waals surface area contributed by atoms with E-state index in [2.05, 4.69) is 10.6 Å². The van der Waals surface area contributed by atoms with Crippen LogP contribution in [-0.4, -0.2) is 18.5 Å². The number of hydrogen-bond acceptors (Lipinski definition) is 2. The fourth-order valence-electron chi connectivity index (χ4n) is 1.47. The minimum atomic E-state index is -0.296. The van der Waals surface area contributed by atoms with Crippen molar-refractivity contribution in [2.75, 3.05) is 11.9 Å². The molecular weight excluding hydrogens is 207 g/mol. The Morgan fingerprint density at radius 3 is 2.94 bits per heavy atom. The van der Waals surface area contributed by atoms with Gasteiger partial charge in [-0.2, -0.15) is 0 Å². The number of benzene rings is 1. The van der Waals surface area contributed by atoms with Crippen LogP contribution in [0.2, 0.25) is 0 Å². The Morgan fingerprint density at radius 2 is 2.25 bits per heavy atom. The first-order valence-electron chi connectivity index (χ1n) is 5.44. The fourth-order valence-corrected chi connectivity index (χ4v) is 1.47. The number of halogens is 1. The van der Waals surface area contributed by atoms with E-state index in [-0.39, 0.29) is 18.3 Å². The fraction of sp³-hybridized carbons (Fsp3) is 0.417. The van der Waals surface area contributed by atoms with Crippen molar-refractivity contribution in [2.24, 2.45) is 0 Å². The van der Waals surface area contributed by atoms with E-state index in [4.69, 9.17) is 0 Å². The molecule has 1 aliphatic carbocycles. The van der Waals surface area contributed by atoms with E-state index in [1.807, 2.05) is 6.92 Å². The maximum Gasteiger partial charge on any atom is 0.239 e. The third kappa shape index (κ3) is 2.95. The number of nitrogens with one attached hydrogen (secondary N) is 2. The predicted octanol–water partition coefficient (Wildman–Crippen LogP) is 1.82. The van der Waals surface area contributed by atoms with Gasteiger partial charge >= 0.3 is 0 Å². The molecule has 86 valence electrons. The molecule has 0 aliphatic heterocycles. The van der Waals surface area contributed by atoms with Crippen molar-refractivity contribution in [3.8, 4) is 0 Å². The van der Waals surface area contributed by atoms with Gasteiger partial charge in [0.1, 0.15) is 5.82 Å². The maximum absolute atomic E-state index is 13.0. The van der Waals surface area contributed by atoms with Gasteiger partial charge in [0.2, 0.25) is 5.91 Å². The van der Waals surface area contributed by atoms with Gasteiger partial charge in [-0.1, -0.05) is 6.07 Å². The van der Waals surface area contributed by atoms with Crippen LogP contribution in [0.5, 0.6) is 0 Å². The normalized spacial score (nSPS) is 14.6. The summed E-state index contributed by atoms with van der Waals surface area (Å²) in [4.78, 5) is 11.4. The van der Waals surface area contributed by atoms with Crippen molar-refractivity contribution in [2.45, 2.75) is 25.8 Å². The van der Waals surface area contributed by atoms with Crippen LogP contribution in [0.15, 0.2) is 18.2 Å². The molecule has 0 aromatic heterocycles. The second kappa shape index (κ2) is 4.51. The van der Waals surface area contributed by atoms with E-state index < -0.39 is 0 Å². The number of aryl methyl sites for hydroxylation is 1. The van der Waals surface area contributed by atoms with Crippen LogP contribution in [0.1, 0.15) is 18.4 Å². The summed E-state index contributed by atoms with van der Waals surface area (Å²) in [6.07, 6.45) is 2.15. The molecule has 2 rings (SSSR count). The van der Waals surface area contributed by atoms with Crippen molar-refractivity contribution in [1.82, 2.24) is 5.32 Å². The molecule has 1 aromatic carbocycles. The van der Waals surface area contributed by atoms with Crippen LogP contribution in [-0.2, 0) is 4.79 Å². The summed E-state index contributed by atoms with van der Waals surface area (Å²) in [6.45, 7) is 2.07. The van der Waals surface area contributed by atoms with Crippen LogP contribution in [0.25, 0.3) is 0 Å². The molecule has 0 saturated heterocycles. The zero-order chi connectivity index (χ0) is 11.5. The van der Waals surface area contributed by atoms with Gasteiger partial charge in [0, 0.05) is 11.7 Å². The Bertz CT molecular complexity index is 402. The number of carbonyl (C=O) groups excluding carboxylic acids is 1. The maximum atomic E-state index is 13.0. The van der Waals surface area contributed by atoms with Crippen molar-refractivity contribution < 1.29 is 9.18 Å². The predicted molar refractivity (Wildman–Crippen MR) is 60.8 cm³/mol. The second-order valence-corrected chi connectivity index (χ2v) is 4.15. The van der Waals surface area contributed by atoms with E-state index in [1.54, 1.807) is 6.07 Å². The number of rotatable bonds is 4. The molecule has 3 nitrogen and oxygen atoms in total. The number of amides is 1. The molecule has 0 radical (unpaired) electrons. The molecule has 4 heteroatoms. The molecule has 0 unspecified atom stereocenters. The molecule has 0 atom stereocenters. The molecule has 0 spiro atoms. The van der Waals surface area contributed by atoms with Gasteiger partial charge in [-0.3, -0.25) is 4.79 Å². The number of anilines is 1. The Kier molecular flexibility index (Phi) is 3.08. The van der Waals surface area contributed by atoms with Crippen molar-refractivity contribution >= 4 is 11.6 Å². The van der Waals surface area contributed by atoms with Crippen LogP contribution in [0, 0.1) is 12.7 Å². The molecule has 1 saturated carbocycles. The van der Waals surface area contributed by atoms with Gasteiger partial charge in [0.15, 0.2) is 0 Å². The van der Waals surface area contributed by atoms with Crippen molar-refractivity contribution in [1.29, 1.82) is 0 Å². The van der Waals surface area contributed by atoms with Crippen LogP contribution < -0.4 is 10.6 Å². The molecule has 1 aromatic rings. The quantitative estimate of drug-likeness (QED) is 0.816. The lowest BCUT2D eigenvalue weighted by Crippen LogP contribution is -2.31. The highest BCUT2D eigenvalue weighted by Gasteiger charge is 2.22. The van der Waals surface area contributed by atoms with Crippen LogP contribution in [0.3, 0.4) is 0 Å². The SMILES string of the molecule is Cc1ccc(F)cc1NCC(=O)NC1CC1. The smallest absolute Gasteiger partial charge is 0.239 e. The summed E-state index contributed by atoms with van der Waals surface area (Å²) in [7, 11) is 0. The lowest BCUT2D eigenvalue weighted by Gasteiger charge is -2.09. The Morgan fingerprint density at radius 1 is 1.50 bits per heavy atom. The highest BCUT2D eigenvalue weighted by Crippen LogP contribution is 2.18. The van der Waals surface area contributed by atoms with Gasteiger partial charge in [-0.25, -0.2) is 4.39 Å². The van der Waals surface area contributed by atoms with Gasteiger partial charge < -0.3 is 10.6 Å². The summed E-state index contributed by atoms with van der Waals surface area (Å²) < 4.78 is 13.0. The summed E-state index contributed by atoms with van der Waals surface area (Å²) in [5.74, 6) is -0.332. The molecule has 0 heterocycles. The zero-order valence-electron chi connectivity index (χ0n) is 9.22. The first-order chi connectivity index (χ1) is 7.65. The van der Waals surface area contributed by atoms with Gasteiger partial charge in [-0.05, 0) is 37.5 Å². The topological polar surface area (TPSA) is 41.1 Å². The molecule has 1 amide bonds. The van der Waals surface area contributed by atoms with Gasteiger partial charge in [-0.15, -0.1) is 0 Å². The first-order valence-corrected chi connectivity index (χ1v) is 5.44. The monoisotopic (exact) mass is 222 g/mol. The van der Waals surface area contributed by atoms with Gasteiger partial charge in [0.25, 0.3) is 0 Å². The number of carbonyl (C=O) groups is 1. The van der Waals surface area contributed by atoms with E-state index >= 15 is 0 Å². The second-order valence-electron chi connectivity index (χ2n) is 4.15. The van der Waals surface area contributed by atoms with Gasteiger partial charge in [0.05, 0.1) is 6.54 Å². The minimum Gasteiger partial charge on any atom is -0.376 e. The van der Waals surface area contributed by atoms with Crippen LogP contribution in [0.4, 0.5) is 10.1 Å². The summed E-state index contributed by atoms with van der Waals surface area (Å²) in [6, 6.07) is 4.86. The Hall–Kier alpha value is -1.58. The zero-order valence-corrected chi connectivity index (χ0v) is 9.22. The molecular formula is C12H15FN2O. The third-order valence-electron chi connectivity index (χ3n) is 2.58. The Balaban J connectivity index is 1.87. The third-order valence-corrected chi connectivity index (χ3v) is 2.58. The first kappa shape index (κ1) is 10.9. The van der Waals surface area contributed by atoms with E-state index in [9.17, 15) is 9.18 Å². The Labute approximate surface area is 94.0 Å². The minimum absolute atomic E-state index is 0.0360. The van der Waals surface area contributed by atoms with Crippen molar-refractivity contribution in [3.05, 3.63) is 29.6 Å². The molecule has 0 bridgehead atoms. The summed E-state index contributed by atoms with van der Waals surface area (Å²) in [5.41, 5.74) is 1.60. The highest BCUT2D eigenvalue weighted by molar-refractivity contribution is 5.81. The lowest BCUT2D eigenvalue weighted by molar-refractivity contribution is -0.119. The van der Waals surface area contributed by atoms with E-state index in [0.29, 0.717) is 11.7 Å². The van der Waals surface area contributed by atoms with Crippen LogP contribution >= 0.6 is 0 Å². The average molecular weight is 222 g/mol. The standard InChI is InChI=1S/C12H15FN2O/c1-8-2-3-9(13)6-11(8)14-7-12(16)15-10-4-5-10/h2-3,6,10,14H,4-5,7H2,1H3,(H,15,16). The largest absolute Gasteiger partial charge is 0.376 e. The van der Waals surface area contributed by atoms with E-state index in [0.717, 1.165) is 18.4 Å². The molecule has 1 aliphatic rings. The molecule has 2 N–H and O–H groups in total. The summed E-state index contributed by atoms with van der Waals surface area (Å²) in [5, 5.41) is 5.80. The lowest BCUT2D eigenvalue weighted by atomic mass is 10.2.